The first-order chi connectivity index (χ1) is 18.5. The van der Waals surface area contributed by atoms with Crippen LogP contribution >= 0.6 is 0 Å². The maximum absolute atomic E-state index is 14.1. The summed E-state index contributed by atoms with van der Waals surface area (Å²) in [5.41, 5.74) is 2.26. The molecule has 0 radical (unpaired) electrons. The Morgan fingerprint density at radius 3 is 2.31 bits per heavy atom. The highest BCUT2D eigenvalue weighted by molar-refractivity contribution is 7.85. The second-order valence-corrected chi connectivity index (χ2v) is 10.4. The molecule has 0 aliphatic carbocycles. The van der Waals surface area contributed by atoms with E-state index in [9.17, 15) is 22.0 Å². The lowest BCUT2D eigenvalue weighted by atomic mass is 9.83. The van der Waals surface area contributed by atoms with Crippen LogP contribution in [0, 0.1) is 18.6 Å². The van der Waals surface area contributed by atoms with Crippen LogP contribution in [0.4, 0.5) is 14.5 Å². The number of aromatic nitrogens is 5. The summed E-state index contributed by atoms with van der Waals surface area (Å²) >= 11 is 0. The van der Waals surface area contributed by atoms with E-state index < -0.39 is 33.5 Å². The molecule has 2 atom stereocenters. The Balaban J connectivity index is 0.000000237. The molecule has 6 rings (SSSR count). The fraction of sp³-hybridized carbons (Fsp3) is 0.154. The van der Waals surface area contributed by atoms with Gasteiger partial charge in [-0.15, -0.1) is 0 Å². The lowest BCUT2D eigenvalue weighted by molar-refractivity contribution is 0.483. The molecule has 0 spiro atoms. The number of benzene rings is 3. The van der Waals surface area contributed by atoms with Crippen molar-refractivity contribution >= 4 is 26.6 Å². The van der Waals surface area contributed by atoms with Crippen LogP contribution < -0.4 is 10.9 Å². The number of hydrogen-bond acceptors (Lipinski definition) is 7. The summed E-state index contributed by atoms with van der Waals surface area (Å²) < 4.78 is 58.8. The molecule has 3 aromatic carbocycles. The third-order valence-corrected chi connectivity index (χ3v) is 7.26. The van der Waals surface area contributed by atoms with E-state index in [0.29, 0.717) is 22.6 Å². The summed E-state index contributed by atoms with van der Waals surface area (Å²) in [5.74, 6) is -0.716. The number of nitrogens with zero attached hydrogens (tertiary/aromatic N) is 4. The predicted octanol–water partition coefficient (Wildman–Crippen LogP) is 3.87. The molecule has 10 nitrogen and oxygen atoms in total. The third kappa shape index (κ3) is 5.13. The zero-order chi connectivity index (χ0) is 27.9. The highest BCUT2D eigenvalue weighted by atomic mass is 32.2. The summed E-state index contributed by atoms with van der Waals surface area (Å²) in [7, 11) is -2.26. The summed E-state index contributed by atoms with van der Waals surface area (Å²) in [6, 6.07) is 14.1. The number of H-pyrrole nitrogens is 1. The molecule has 3 heterocycles. The maximum atomic E-state index is 14.1. The van der Waals surface area contributed by atoms with Gasteiger partial charge in [-0.05, 0) is 48.9 Å². The molecule has 200 valence electrons. The van der Waals surface area contributed by atoms with Gasteiger partial charge in [0.15, 0.2) is 0 Å². The average Bonchev–Trinajstić information content (AvgIpc) is 3.31. The quantitative estimate of drug-likeness (QED) is 0.286. The topological polar surface area (TPSA) is 143 Å². The Bertz CT molecular complexity index is 1840. The molecule has 13 heteroatoms. The highest BCUT2D eigenvalue weighted by Crippen LogP contribution is 2.45. The maximum Gasteiger partial charge on any atom is 0.294 e. The molecule has 5 aromatic rings. The second kappa shape index (κ2) is 10.0. The minimum atomic E-state index is -4.02. The first-order valence-corrected chi connectivity index (χ1v) is 13.1. The van der Waals surface area contributed by atoms with Gasteiger partial charge in [-0.25, -0.2) is 18.9 Å². The summed E-state index contributed by atoms with van der Waals surface area (Å²) in [5, 5.41) is 14.9. The van der Waals surface area contributed by atoms with Crippen molar-refractivity contribution in [2.45, 2.75) is 23.8 Å². The van der Waals surface area contributed by atoms with Gasteiger partial charge in [0.25, 0.3) is 15.7 Å². The van der Waals surface area contributed by atoms with Gasteiger partial charge < -0.3 is 5.32 Å². The van der Waals surface area contributed by atoms with E-state index in [1.165, 1.54) is 42.7 Å². The zero-order valence-corrected chi connectivity index (χ0v) is 21.4. The zero-order valence-electron chi connectivity index (χ0n) is 20.6. The molecule has 1 aliphatic rings. The molecule has 39 heavy (non-hydrogen) atoms. The van der Waals surface area contributed by atoms with Crippen LogP contribution in [0.25, 0.3) is 10.8 Å². The smallest absolute Gasteiger partial charge is 0.294 e. The van der Waals surface area contributed by atoms with Crippen LogP contribution in [0.15, 0.2) is 76.7 Å². The average molecular weight is 553 g/mol. The summed E-state index contributed by atoms with van der Waals surface area (Å²) in [6.07, 6.45) is 1.43. The third-order valence-electron chi connectivity index (χ3n) is 6.39. The number of rotatable bonds is 3. The fourth-order valence-electron chi connectivity index (χ4n) is 4.55. The Morgan fingerprint density at radius 1 is 1.00 bits per heavy atom. The Kier molecular flexibility index (Phi) is 6.70. The number of anilines is 1. The van der Waals surface area contributed by atoms with Crippen LogP contribution in [0.2, 0.25) is 0 Å². The van der Waals surface area contributed by atoms with Crippen molar-refractivity contribution in [3.8, 4) is 0 Å². The van der Waals surface area contributed by atoms with E-state index in [0.717, 1.165) is 11.1 Å². The van der Waals surface area contributed by atoms with E-state index in [-0.39, 0.29) is 16.1 Å². The van der Waals surface area contributed by atoms with Crippen LogP contribution in [0.5, 0.6) is 0 Å². The van der Waals surface area contributed by atoms with Crippen molar-refractivity contribution in [3.63, 3.8) is 0 Å². The Hall–Kier alpha value is -4.49. The molecule has 0 saturated carbocycles. The first kappa shape index (κ1) is 26.1. The second-order valence-electron chi connectivity index (χ2n) is 9.00. The van der Waals surface area contributed by atoms with Crippen LogP contribution in [-0.4, -0.2) is 37.9 Å². The molecule has 1 aliphatic heterocycles. The SMILES string of the molecule is Cc1ccc(S(=O)(=O)O)cc1.Cn1ncnc1C1c2n[nH]c(=O)c3cc(F)cc(c23)NC1c1ccc(F)cc1. The molecule has 3 N–H and O–H groups in total. The van der Waals surface area contributed by atoms with Crippen molar-refractivity contribution in [2.75, 3.05) is 5.32 Å². The molecule has 0 saturated heterocycles. The van der Waals surface area contributed by atoms with Gasteiger partial charge in [0.05, 0.1) is 27.9 Å². The minimum absolute atomic E-state index is 0.0666. The van der Waals surface area contributed by atoms with Gasteiger partial charge >= 0.3 is 0 Å². The van der Waals surface area contributed by atoms with Crippen molar-refractivity contribution < 1.29 is 21.8 Å². The Morgan fingerprint density at radius 2 is 1.69 bits per heavy atom. The van der Waals surface area contributed by atoms with Crippen molar-refractivity contribution in [3.05, 3.63) is 112 Å². The van der Waals surface area contributed by atoms with E-state index in [1.54, 1.807) is 36.0 Å². The van der Waals surface area contributed by atoms with Crippen molar-refractivity contribution in [1.29, 1.82) is 0 Å². The van der Waals surface area contributed by atoms with E-state index in [1.807, 2.05) is 6.92 Å². The number of halogens is 2. The van der Waals surface area contributed by atoms with Crippen LogP contribution in [0.1, 0.15) is 34.6 Å². The van der Waals surface area contributed by atoms with Crippen LogP contribution in [0.3, 0.4) is 0 Å². The van der Waals surface area contributed by atoms with E-state index >= 15 is 0 Å². The lowest BCUT2D eigenvalue weighted by Gasteiger charge is -2.33. The molecule has 0 bridgehead atoms. The number of aryl methyl sites for hydroxylation is 2. The van der Waals surface area contributed by atoms with Gasteiger partial charge in [-0.1, -0.05) is 29.8 Å². The molecule has 0 amide bonds. The molecule has 2 unspecified atom stereocenters. The number of aromatic amines is 1. The predicted molar refractivity (Wildman–Crippen MR) is 139 cm³/mol. The molecule has 2 aromatic heterocycles. The van der Waals surface area contributed by atoms with Gasteiger partial charge in [-0.3, -0.25) is 14.0 Å². The van der Waals surface area contributed by atoms with Crippen LogP contribution in [-0.2, 0) is 17.2 Å². The molecular weight excluding hydrogens is 530 g/mol. The standard InChI is InChI=1S/C19H14F2N6O.C7H8O3S/c1-27-18(22-8-23-27)15-16(9-2-4-10(20)5-3-9)24-13-7-11(21)6-12-14(13)17(15)25-26-19(12)28;1-6-2-4-7(5-3-6)11(8,9)10/h2-8,15-16,24H,1H3,(H,26,28);2-5H,1H3,(H,8,9,10). The largest absolute Gasteiger partial charge is 0.376 e. The fourth-order valence-corrected chi connectivity index (χ4v) is 5.03. The molecular formula is C26H22F2N6O4S. The highest BCUT2D eigenvalue weighted by Gasteiger charge is 2.37. The van der Waals surface area contributed by atoms with Gasteiger partial charge in [0.1, 0.15) is 23.8 Å². The van der Waals surface area contributed by atoms with Crippen molar-refractivity contribution in [1.82, 2.24) is 25.0 Å². The van der Waals surface area contributed by atoms with Gasteiger partial charge in [0, 0.05) is 18.1 Å². The monoisotopic (exact) mass is 552 g/mol. The van der Waals surface area contributed by atoms with Gasteiger partial charge in [0.2, 0.25) is 0 Å². The summed E-state index contributed by atoms with van der Waals surface area (Å²) in [6.45, 7) is 1.84. The number of nitrogens with one attached hydrogen (secondary N) is 2. The van der Waals surface area contributed by atoms with E-state index in [2.05, 4.69) is 25.6 Å². The Labute approximate surface area is 221 Å². The van der Waals surface area contributed by atoms with Crippen molar-refractivity contribution in [2.24, 2.45) is 7.05 Å². The lowest BCUT2D eigenvalue weighted by Crippen LogP contribution is -2.30. The first-order valence-electron chi connectivity index (χ1n) is 11.6. The molecule has 0 fully saturated rings. The number of hydrogen-bond donors (Lipinski definition) is 3. The van der Waals surface area contributed by atoms with E-state index in [4.69, 9.17) is 4.55 Å². The summed E-state index contributed by atoms with van der Waals surface area (Å²) in [4.78, 5) is 16.5. The normalized spacial score (nSPS) is 16.3. The van der Waals surface area contributed by atoms with Gasteiger partial charge in [-0.2, -0.15) is 18.6 Å². The minimum Gasteiger partial charge on any atom is -0.376 e.